The van der Waals surface area contributed by atoms with Crippen molar-refractivity contribution < 1.29 is 9.53 Å². The molecule has 1 aromatic carbocycles. The van der Waals surface area contributed by atoms with Gasteiger partial charge in [0.05, 0.1) is 29.6 Å². The van der Waals surface area contributed by atoms with Gasteiger partial charge < -0.3 is 14.6 Å². The molecule has 0 aliphatic heterocycles. The lowest BCUT2D eigenvalue weighted by Crippen LogP contribution is -2.26. The summed E-state index contributed by atoms with van der Waals surface area (Å²) in [5.74, 6) is 0.723. The second kappa shape index (κ2) is 7.86. The molecular formula is C22H21N3O2S. The molecule has 0 radical (unpaired) electrons. The van der Waals surface area contributed by atoms with E-state index in [9.17, 15) is 4.79 Å². The first-order valence-corrected chi connectivity index (χ1v) is 9.86. The van der Waals surface area contributed by atoms with Gasteiger partial charge >= 0.3 is 0 Å². The number of hydrogen-bond donors (Lipinski definition) is 1. The highest BCUT2D eigenvalue weighted by atomic mass is 32.1. The van der Waals surface area contributed by atoms with Gasteiger partial charge in [-0.3, -0.25) is 9.78 Å². The van der Waals surface area contributed by atoms with E-state index in [2.05, 4.69) is 27.9 Å². The molecule has 3 heterocycles. The van der Waals surface area contributed by atoms with Gasteiger partial charge in [0.2, 0.25) is 0 Å². The van der Waals surface area contributed by atoms with Gasteiger partial charge in [-0.2, -0.15) is 0 Å². The molecule has 0 atom stereocenters. The largest absolute Gasteiger partial charge is 0.497 e. The third-order valence-electron chi connectivity index (χ3n) is 4.60. The number of thiophene rings is 1. The summed E-state index contributed by atoms with van der Waals surface area (Å²) in [4.78, 5) is 18.4. The minimum atomic E-state index is -0.0970. The van der Waals surface area contributed by atoms with Crippen LogP contribution in [-0.2, 0) is 13.1 Å². The number of carbonyl (C=O) groups excluding carboxylic acids is 1. The van der Waals surface area contributed by atoms with Gasteiger partial charge in [-0.1, -0.05) is 18.2 Å². The molecule has 28 heavy (non-hydrogen) atoms. The Morgan fingerprint density at radius 1 is 1.18 bits per heavy atom. The molecule has 0 bridgehead atoms. The maximum Gasteiger partial charge on any atom is 0.268 e. The lowest BCUT2D eigenvalue weighted by molar-refractivity contribution is 0.0942. The molecule has 0 saturated carbocycles. The van der Waals surface area contributed by atoms with Crippen LogP contribution in [0.5, 0.6) is 5.75 Å². The van der Waals surface area contributed by atoms with Crippen LogP contribution in [0.15, 0.2) is 60.8 Å². The molecule has 0 aliphatic carbocycles. The molecule has 1 N–H and O–H groups in total. The fraction of sp³-hybridized carbons (Fsp3) is 0.182. The number of rotatable bonds is 6. The van der Waals surface area contributed by atoms with E-state index >= 15 is 0 Å². The Kier molecular flexibility index (Phi) is 5.12. The molecule has 142 valence electrons. The van der Waals surface area contributed by atoms with Crippen LogP contribution < -0.4 is 10.1 Å². The lowest BCUT2D eigenvalue weighted by atomic mass is 10.2. The molecule has 0 unspecified atom stereocenters. The fourth-order valence-corrected chi connectivity index (χ4v) is 4.16. The standard InChI is InChI=1S/C22H21N3O2S/c1-15-11-19-21(28-15)12-20(22(26)24-13-17-5-3-4-10-23-17)25(19)14-16-6-8-18(27-2)9-7-16/h3-12H,13-14H2,1-2H3,(H,24,26). The fourth-order valence-electron chi connectivity index (χ4n) is 3.20. The summed E-state index contributed by atoms with van der Waals surface area (Å²) in [5, 5.41) is 2.99. The Morgan fingerprint density at radius 2 is 2.00 bits per heavy atom. The van der Waals surface area contributed by atoms with Gasteiger partial charge in [0.1, 0.15) is 11.4 Å². The topological polar surface area (TPSA) is 56.1 Å². The molecule has 0 saturated heterocycles. The normalized spacial score (nSPS) is 10.9. The average molecular weight is 391 g/mol. The van der Waals surface area contributed by atoms with Crippen LogP contribution in [-0.4, -0.2) is 22.6 Å². The summed E-state index contributed by atoms with van der Waals surface area (Å²) in [6.07, 6.45) is 1.73. The van der Waals surface area contributed by atoms with Crippen LogP contribution in [0.3, 0.4) is 0 Å². The van der Waals surface area contributed by atoms with Crippen molar-refractivity contribution in [2.45, 2.75) is 20.0 Å². The van der Waals surface area contributed by atoms with Crippen LogP contribution in [0, 0.1) is 6.92 Å². The smallest absolute Gasteiger partial charge is 0.268 e. The predicted molar refractivity (Wildman–Crippen MR) is 112 cm³/mol. The Bertz CT molecular complexity index is 1100. The maximum atomic E-state index is 12.9. The lowest BCUT2D eigenvalue weighted by Gasteiger charge is -2.11. The Morgan fingerprint density at radius 3 is 2.71 bits per heavy atom. The predicted octanol–water partition coefficient (Wildman–Crippen LogP) is 4.39. The summed E-state index contributed by atoms with van der Waals surface area (Å²) < 4.78 is 8.44. The summed E-state index contributed by atoms with van der Waals surface area (Å²) in [5.41, 5.74) is 3.69. The first-order chi connectivity index (χ1) is 13.6. The van der Waals surface area contributed by atoms with Crippen molar-refractivity contribution in [3.63, 3.8) is 0 Å². The number of nitrogens with zero attached hydrogens (tertiary/aromatic N) is 2. The monoisotopic (exact) mass is 391 g/mol. The molecular weight excluding hydrogens is 370 g/mol. The van der Waals surface area contributed by atoms with Crippen molar-refractivity contribution in [3.05, 3.63) is 82.6 Å². The second-order valence-corrected chi connectivity index (χ2v) is 7.86. The van der Waals surface area contributed by atoms with E-state index in [-0.39, 0.29) is 5.91 Å². The number of aryl methyl sites for hydroxylation is 1. The molecule has 0 spiro atoms. The molecule has 5 nitrogen and oxygen atoms in total. The highest BCUT2D eigenvalue weighted by Gasteiger charge is 2.17. The van der Waals surface area contributed by atoms with E-state index in [0.29, 0.717) is 18.8 Å². The van der Waals surface area contributed by atoms with Gasteiger partial charge in [0, 0.05) is 17.6 Å². The van der Waals surface area contributed by atoms with Crippen molar-refractivity contribution in [2.75, 3.05) is 7.11 Å². The number of nitrogens with one attached hydrogen (secondary N) is 1. The zero-order valence-corrected chi connectivity index (χ0v) is 16.6. The van der Waals surface area contributed by atoms with E-state index in [0.717, 1.165) is 27.2 Å². The number of amides is 1. The van der Waals surface area contributed by atoms with Gasteiger partial charge in [0.15, 0.2) is 0 Å². The number of carbonyl (C=O) groups is 1. The van der Waals surface area contributed by atoms with Crippen LogP contribution in [0.25, 0.3) is 10.2 Å². The number of benzene rings is 1. The minimum Gasteiger partial charge on any atom is -0.497 e. The summed E-state index contributed by atoms with van der Waals surface area (Å²) in [6, 6.07) is 17.7. The highest BCUT2D eigenvalue weighted by Crippen LogP contribution is 2.29. The Labute approximate surface area is 167 Å². The number of aromatic nitrogens is 2. The Hall–Kier alpha value is -3.12. The molecule has 6 heteroatoms. The van der Waals surface area contributed by atoms with E-state index in [1.807, 2.05) is 48.5 Å². The summed E-state index contributed by atoms with van der Waals surface area (Å²) in [6.45, 7) is 3.11. The number of methoxy groups -OCH3 is 1. The molecule has 0 fully saturated rings. The van der Waals surface area contributed by atoms with Crippen LogP contribution >= 0.6 is 11.3 Å². The van der Waals surface area contributed by atoms with Gasteiger partial charge in [-0.25, -0.2) is 0 Å². The molecule has 0 aliphatic rings. The van der Waals surface area contributed by atoms with E-state index in [4.69, 9.17) is 4.74 Å². The molecule has 1 amide bonds. The van der Waals surface area contributed by atoms with Gasteiger partial charge in [0.25, 0.3) is 5.91 Å². The third-order valence-corrected chi connectivity index (χ3v) is 5.59. The van der Waals surface area contributed by atoms with Crippen LogP contribution in [0.1, 0.15) is 26.6 Å². The highest BCUT2D eigenvalue weighted by molar-refractivity contribution is 7.19. The Balaban J connectivity index is 1.62. The SMILES string of the molecule is COc1ccc(Cn2c(C(=O)NCc3ccccn3)cc3sc(C)cc32)cc1. The summed E-state index contributed by atoms with van der Waals surface area (Å²) >= 11 is 1.70. The van der Waals surface area contributed by atoms with Crippen molar-refractivity contribution in [1.82, 2.24) is 14.9 Å². The van der Waals surface area contributed by atoms with Crippen LogP contribution in [0.2, 0.25) is 0 Å². The minimum absolute atomic E-state index is 0.0970. The van der Waals surface area contributed by atoms with Crippen LogP contribution in [0.4, 0.5) is 0 Å². The zero-order chi connectivity index (χ0) is 19.5. The molecule has 3 aromatic heterocycles. The first kappa shape index (κ1) is 18.3. The molecule has 4 rings (SSSR count). The second-order valence-electron chi connectivity index (χ2n) is 6.57. The number of pyridine rings is 1. The van der Waals surface area contributed by atoms with Gasteiger partial charge in [-0.05, 0) is 48.9 Å². The van der Waals surface area contributed by atoms with Crippen molar-refractivity contribution >= 4 is 27.5 Å². The maximum absolute atomic E-state index is 12.9. The van der Waals surface area contributed by atoms with Crippen molar-refractivity contribution in [1.29, 1.82) is 0 Å². The van der Waals surface area contributed by atoms with Gasteiger partial charge in [-0.15, -0.1) is 11.3 Å². The number of hydrogen-bond acceptors (Lipinski definition) is 4. The van der Waals surface area contributed by atoms with E-state index in [1.165, 1.54) is 4.88 Å². The van der Waals surface area contributed by atoms with E-state index in [1.54, 1.807) is 24.6 Å². The van der Waals surface area contributed by atoms with Crippen molar-refractivity contribution in [3.8, 4) is 5.75 Å². The summed E-state index contributed by atoms with van der Waals surface area (Å²) in [7, 11) is 1.66. The zero-order valence-electron chi connectivity index (χ0n) is 15.8. The van der Waals surface area contributed by atoms with Crippen molar-refractivity contribution in [2.24, 2.45) is 0 Å². The van der Waals surface area contributed by atoms with E-state index < -0.39 is 0 Å². The molecule has 4 aromatic rings. The third kappa shape index (κ3) is 3.77. The quantitative estimate of drug-likeness (QED) is 0.530. The average Bonchev–Trinajstić information content (AvgIpc) is 3.24. The first-order valence-electron chi connectivity index (χ1n) is 9.05. The number of ether oxygens (including phenoxy) is 1. The number of fused-ring (bicyclic) bond motifs is 1.